The standard InChI is InChI=1S/C16H19BN4O/c1-11-7-12(2)9-13(8-11)19-16-18-10-14(17)15(20-16)21-3-5-22-6-4-21/h7-10H,3-6H2,1-2H3,(H,18,19,20). The first-order chi connectivity index (χ1) is 10.6. The Kier molecular flexibility index (Phi) is 4.29. The molecular weight excluding hydrogens is 275 g/mol. The van der Waals surface area contributed by atoms with Gasteiger partial charge in [0, 0.05) is 25.0 Å². The largest absolute Gasteiger partial charge is 0.378 e. The Hall–Kier alpha value is -2.08. The molecule has 0 unspecified atom stereocenters. The molecule has 1 aliphatic heterocycles. The fraction of sp³-hybridized carbons (Fsp3) is 0.375. The maximum atomic E-state index is 6.03. The van der Waals surface area contributed by atoms with Crippen molar-refractivity contribution in [3.63, 3.8) is 0 Å². The Balaban J connectivity index is 1.85. The van der Waals surface area contributed by atoms with Crippen LogP contribution in [0.5, 0.6) is 0 Å². The van der Waals surface area contributed by atoms with E-state index in [1.54, 1.807) is 6.20 Å². The summed E-state index contributed by atoms with van der Waals surface area (Å²) in [5.41, 5.74) is 3.97. The predicted molar refractivity (Wildman–Crippen MR) is 89.7 cm³/mol. The van der Waals surface area contributed by atoms with Gasteiger partial charge in [-0.3, -0.25) is 0 Å². The van der Waals surface area contributed by atoms with E-state index >= 15 is 0 Å². The number of aryl methyl sites for hydroxylation is 2. The van der Waals surface area contributed by atoms with Gasteiger partial charge in [0.2, 0.25) is 5.95 Å². The molecule has 0 amide bonds. The Morgan fingerprint density at radius 2 is 1.82 bits per heavy atom. The van der Waals surface area contributed by atoms with Crippen molar-refractivity contribution in [2.75, 3.05) is 36.5 Å². The minimum atomic E-state index is 0.556. The molecule has 2 aromatic rings. The van der Waals surface area contributed by atoms with E-state index in [2.05, 4.69) is 52.2 Å². The quantitative estimate of drug-likeness (QED) is 0.869. The van der Waals surface area contributed by atoms with Crippen molar-refractivity contribution < 1.29 is 4.74 Å². The number of hydrogen-bond donors (Lipinski definition) is 1. The predicted octanol–water partition coefficient (Wildman–Crippen LogP) is 1.47. The van der Waals surface area contributed by atoms with Crippen molar-refractivity contribution >= 4 is 30.8 Å². The molecule has 1 fully saturated rings. The lowest BCUT2D eigenvalue weighted by Gasteiger charge is -2.29. The molecule has 0 saturated carbocycles. The molecule has 3 rings (SSSR count). The summed E-state index contributed by atoms with van der Waals surface area (Å²) in [7, 11) is 6.03. The Labute approximate surface area is 132 Å². The second-order valence-electron chi connectivity index (χ2n) is 5.57. The van der Waals surface area contributed by atoms with Crippen LogP contribution >= 0.6 is 0 Å². The molecule has 1 N–H and O–H groups in total. The van der Waals surface area contributed by atoms with Crippen LogP contribution in [0, 0.1) is 13.8 Å². The molecule has 2 radical (unpaired) electrons. The van der Waals surface area contributed by atoms with Crippen LogP contribution in [-0.4, -0.2) is 44.1 Å². The zero-order valence-corrected chi connectivity index (χ0v) is 13.0. The van der Waals surface area contributed by atoms with Crippen molar-refractivity contribution in [2.45, 2.75) is 13.8 Å². The third-order valence-corrected chi connectivity index (χ3v) is 3.58. The van der Waals surface area contributed by atoms with Crippen molar-refractivity contribution in [1.29, 1.82) is 0 Å². The summed E-state index contributed by atoms with van der Waals surface area (Å²) in [4.78, 5) is 11.0. The highest BCUT2D eigenvalue weighted by Crippen LogP contribution is 2.18. The molecule has 1 aromatic heterocycles. The normalized spacial score (nSPS) is 14.9. The third kappa shape index (κ3) is 3.39. The smallest absolute Gasteiger partial charge is 0.229 e. The van der Waals surface area contributed by atoms with E-state index in [1.165, 1.54) is 11.1 Å². The van der Waals surface area contributed by atoms with Crippen LogP contribution in [-0.2, 0) is 4.74 Å². The lowest BCUT2D eigenvalue weighted by molar-refractivity contribution is 0.122. The lowest BCUT2D eigenvalue weighted by Crippen LogP contribution is -2.39. The Bertz CT molecular complexity index is 651. The average Bonchev–Trinajstić information content (AvgIpc) is 2.49. The second-order valence-corrected chi connectivity index (χ2v) is 5.57. The van der Waals surface area contributed by atoms with Gasteiger partial charge in [-0.2, -0.15) is 4.98 Å². The first-order valence-corrected chi connectivity index (χ1v) is 7.42. The van der Waals surface area contributed by atoms with Crippen LogP contribution in [0.2, 0.25) is 0 Å². The number of rotatable bonds is 3. The first kappa shape index (κ1) is 14.8. The van der Waals surface area contributed by atoms with Gasteiger partial charge in [-0.1, -0.05) is 6.07 Å². The van der Waals surface area contributed by atoms with Crippen LogP contribution in [0.1, 0.15) is 11.1 Å². The number of ether oxygens (including phenoxy) is 1. The topological polar surface area (TPSA) is 50.3 Å². The van der Waals surface area contributed by atoms with Gasteiger partial charge in [0.05, 0.1) is 13.2 Å². The van der Waals surface area contributed by atoms with E-state index in [0.717, 1.165) is 24.6 Å². The summed E-state index contributed by atoms with van der Waals surface area (Å²) in [6.07, 6.45) is 1.66. The third-order valence-electron chi connectivity index (χ3n) is 3.58. The monoisotopic (exact) mass is 294 g/mol. The average molecular weight is 294 g/mol. The van der Waals surface area contributed by atoms with Gasteiger partial charge in [0.25, 0.3) is 0 Å². The molecule has 1 saturated heterocycles. The van der Waals surface area contributed by atoms with Gasteiger partial charge >= 0.3 is 0 Å². The van der Waals surface area contributed by atoms with Gasteiger partial charge < -0.3 is 15.0 Å². The summed E-state index contributed by atoms with van der Waals surface area (Å²) in [6.45, 7) is 7.13. The van der Waals surface area contributed by atoms with Crippen molar-refractivity contribution in [3.05, 3.63) is 35.5 Å². The number of morpholine rings is 1. The molecule has 112 valence electrons. The highest BCUT2D eigenvalue weighted by atomic mass is 16.5. The number of benzene rings is 1. The summed E-state index contributed by atoms with van der Waals surface area (Å²) >= 11 is 0. The van der Waals surface area contributed by atoms with Gasteiger partial charge in [-0.25, -0.2) is 4.98 Å². The first-order valence-electron chi connectivity index (χ1n) is 7.42. The lowest BCUT2D eigenvalue weighted by atomic mass is 9.98. The number of nitrogens with zero attached hydrogens (tertiary/aromatic N) is 3. The fourth-order valence-corrected chi connectivity index (χ4v) is 2.65. The zero-order valence-electron chi connectivity index (χ0n) is 13.0. The number of aromatic nitrogens is 2. The highest BCUT2D eigenvalue weighted by molar-refractivity contribution is 6.35. The summed E-state index contributed by atoms with van der Waals surface area (Å²) in [5.74, 6) is 1.32. The zero-order chi connectivity index (χ0) is 15.5. The summed E-state index contributed by atoms with van der Waals surface area (Å²) < 4.78 is 5.37. The molecule has 5 nitrogen and oxygen atoms in total. The van der Waals surface area contributed by atoms with Crippen LogP contribution in [0.15, 0.2) is 24.4 Å². The van der Waals surface area contributed by atoms with Crippen LogP contribution in [0.3, 0.4) is 0 Å². The van der Waals surface area contributed by atoms with E-state index in [-0.39, 0.29) is 0 Å². The van der Waals surface area contributed by atoms with Gasteiger partial charge in [0.15, 0.2) is 0 Å². The minimum Gasteiger partial charge on any atom is -0.378 e. The molecule has 0 aliphatic carbocycles. The van der Waals surface area contributed by atoms with Gasteiger partial charge in [-0.15, -0.1) is 0 Å². The fourth-order valence-electron chi connectivity index (χ4n) is 2.65. The molecule has 22 heavy (non-hydrogen) atoms. The van der Waals surface area contributed by atoms with Crippen molar-refractivity contribution in [1.82, 2.24) is 9.97 Å². The van der Waals surface area contributed by atoms with Gasteiger partial charge in [0.1, 0.15) is 13.7 Å². The molecule has 1 aliphatic rings. The van der Waals surface area contributed by atoms with Crippen LogP contribution in [0.4, 0.5) is 17.5 Å². The van der Waals surface area contributed by atoms with E-state index in [4.69, 9.17) is 12.6 Å². The molecule has 2 heterocycles. The molecule has 6 heteroatoms. The summed E-state index contributed by atoms with van der Waals surface area (Å²) in [6, 6.07) is 6.27. The highest BCUT2D eigenvalue weighted by Gasteiger charge is 2.15. The second kappa shape index (κ2) is 6.36. The summed E-state index contributed by atoms with van der Waals surface area (Å²) in [5, 5.41) is 3.26. The minimum absolute atomic E-state index is 0.556. The maximum absolute atomic E-state index is 6.03. The number of anilines is 3. The van der Waals surface area contributed by atoms with Crippen LogP contribution in [0.25, 0.3) is 0 Å². The van der Waals surface area contributed by atoms with E-state index in [1.807, 2.05) is 0 Å². The van der Waals surface area contributed by atoms with Crippen molar-refractivity contribution in [3.8, 4) is 0 Å². The van der Waals surface area contributed by atoms with E-state index in [9.17, 15) is 0 Å². The number of nitrogens with one attached hydrogen (secondary N) is 1. The van der Waals surface area contributed by atoms with Crippen molar-refractivity contribution in [2.24, 2.45) is 0 Å². The molecule has 0 atom stereocenters. The van der Waals surface area contributed by atoms with Crippen LogP contribution < -0.4 is 15.7 Å². The molecular formula is C16H19BN4O. The van der Waals surface area contributed by atoms with E-state index < -0.39 is 0 Å². The Morgan fingerprint density at radius 1 is 1.14 bits per heavy atom. The Morgan fingerprint density at radius 3 is 2.50 bits per heavy atom. The molecule has 0 spiro atoms. The SMILES string of the molecule is [B]c1cnc(Nc2cc(C)cc(C)c2)nc1N1CCOCC1. The van der Waals surface area contributed by atoms with E-state index in [0.29, 0.717) is 24.6 Å². The molecule has 0 bridgehead atoms. The number of hydrogen-bond acceptors (Lipinski definition) is 5. The maximum Gasteiger partial charge on any atom is 0.229 e. The van der Waals surface area contributed by atoms with Gasteiger partial charge in [-0.05, 0) is 42.6 Å². The molecule has 1 aromatic carbocycles.